The lowest BCUT2D eigenvalue weighted by Gasteiger charge is -2.35. The minimum Gasteiger partial charge on any atom is -0.395 e. The lowest BCUT2D eigenvalue weighted by molar-refractivity contribution is -0.0856. The van der Waals surface area contributed by atoms with Gasteiger partial charge in [0, 0.05) is 0 Å². The maximum absolute atomic E-state index is 10.7. The summed E-state index contributed by atoms with van der Waals surface area (Å²) in [5.74, 6) is 0.415. The van der Waals surface area contributed by atoms with Crippen molar-refractivity contribution in [1.82, 2.24) is 0 Å². The van der Waals surface area contributed by atoms with E-state index in [0.717, 1.165) is 24.0 Å². The van der Waals surface area contributed by atoms with Crippen LogP contribution >= 0.6 is 0 Å². The predicted octanol–water partition coefficient (Wildman–Crippen LogP) is 1.73. The van der Waals surface area contributed by atoms with Gasteiger partial charge in [0.05, 0.1) is 31.3 Å². The van der Waals surface area contributed by atoms with Crippen molar-refractivity contribution >= 4 is 0 Å². The second-order valence-electron chi connectivity index (χ2n) is 6.20. The normalized spacial score (nSPS) is 18.7. The van der Waals surface area contributed by atoms with Crippen LogP contribution in [0, 0.1) is 5.41 Å². The minimum absolute atomic E-state index is 0.415. The van der Waals surface area contributed by atoms with Crippen molar-refractivity contribution in [2.24, 2.45) is 5.41 Å². The van der Waals surface area contributed by atoms with E-state index in [1.165, 1.54) is 19.3 Å². The molecule has 4 heteroatoms. The zero-order valence-electron chi connectivity index (χ0n) is 12.4. The van der Waals surface area contributed by atoms with E-state index in [-0.39, 0.29) is 0 Å². The second kappa shape index (κ2) is 7.36. The van der Waals surface area contributed by atoms with Gasteiger partial charge in [-0.05, 0) is 29.9 Å². The van der Waals surface area contributed by atoms with Gasteiger partial charge in [-0.3, -0.25) is 0 Å². The molecule has 0 bridgehead atoms. The van der Waals surface area contributed by atoms with Crippen molar-refractivity contribution in [1.29, 1.82) is 0 Å². The van der Waals surface area contributed by atoms with Gasteiger partial charge < -0.3 is 20.4 Å². The summed E-state index contributed by atoms with van der Waals surface area (Å²) in [6.45, 7) is -1.37. The van der Waals surface area contributed by atoms with E-state index in [9.17, 15) is 20.4 Å². The summed E-state index contributed by atoms with van der Waals surface area (Å²) in [5.41, 5.74) is 0.510. The molecular formula is C17H26O4. The molecule has 0 heterocycles. The summed E-state index contributed by atoms with van der Waals surface area (Å²) in [4.78, 5) is 0. The van der Waals surface area contributed by atoms with Crippen molar-refractivity contribution in [3.63, 3.8) is 0 Å². The first-order valence-electron chi connectivity index (χ1n) is 7.78. The summed E-state index contributed by atoms with van der Waals surface area (Å²) in [7, 11) is 0. The molecule has 1 aromatic carbocycles. The number of hydrogen-bond acceptors (Lipinski definition) is 4. The molecule has 0 spiro atoms. The van der Waals surface area contributed by atoms with Gasteiger partial charge in [-0.2, -0.15) is 0 Å². The van der Waals surface area contributed by atoms with Crippen LogP contribution in [0.25, 0.3) is 0 Å². The van der Waals surface area contributed by atoms with Crippen LogP contribution in [0.4, 0.5) is 0 Å². The first kappa shape index (κ1) is 16.4. The second-order valence-corrected chi connectivity index (χ2v) is 6.20. The average Bonchev–Trinajstić information content (AvgIpc) is 2.57. The molecule has 4 nitrogen and oxygen atoms in total. The average molecular weight is 294 g/mol. The third-order valence-electron chi connectivity index (χ3n) is 4.86. The fraction of sp³-hybridized carbons (Fsp3) is 0.647. The Bertz CT molecular complexity index is 428. The predicted molar refractivity (Wildman–Crippen MR) is 80.9 cm³/mol. The first-order valence-corrected chi connectivity index (χ1v) is 7.78. The summed E-state index contributed by atoms with van der Waals surface area (Å²) in [6, 6.07) is 7.66. The van der Waals surface area contributed by atoms with E-state index in [1.807, 2.05) is 24.3 Å². The van der Waals surface area contributed by atoms with Gasteiger partial charge in [0.2, 0.25) is 0 Å². The van der Waals surface area contributed by atoms with E-state index >= 15 is 0 Å². The summed E-state index contributed by atoms with van der Waals surface area (Å²) in [5, 5.41) is 39.3. The van der Waals surface area contributed by atoms with Crippen molar-refractivity contribution < 1.29 is 20.4 Å². The maximum Gasteiger partial charge on any atom is 0.0915 e. The summed E-state index contributed by atoms with van der Waals surface area (Å²) in [6.07, 6.45) is 4.79. The van der Waals surface area contributed by atoms with Crippen LogP contribution in [0.5, 0.6) is 0 Å². The molecule has 1 aliphatic rings. The molecule has 0 radical (unpaired) electrons. The Balaban J connectivity index is 2.34. The Morgan fingerprint density at radius 3 is 2.10 bits per heavy atom. The SMILES string of the molecule is OCC(CO)(CO)C(O)c1ccccc1C1CCCCC1. The topological polar surface area (TPSA) is 80.9 Å². The van der Waals surface area contributed by atoms with Gasteiger partial charge >= 0.3 is 0 Å². The van der Waals surface area contributed by atoms with Crippen molar-refractivity contribution in [2.75, 3.05) is 19.8 Å². The van der Waals surface area contributed by atoms with Gasteiger partial charge in [0.1, 0.15) is 0 Å². The Labute approximate surface area is 126 Å². The largest absolute Gasteiger partial charge is 0.395 e. The van der Waals surface area contributed by atoms with Crippen LogP contribution in [-0.4, -0.2) is 40.2 Å². The molecule has 21 heavy (non-hydrogen) atoms. The number of rotatable bonds is 6. The van der Waals surface area contributed by atoms with E-state index in [1.54, 1.807) is 0 Å². The highest BCUT2D eigenvalue weighted by atomic mass is 16.3. The first-order chi connectivity index (χ1) is 10.2. The number of aliphatic hydroxyl groups excluding tert-OH is 4. The van der Waals surface area contributed by atoms with Gasteiger partial charge in [-0.15, -0.1) is 0 Å². The molecule has 0 amide bonds. The third-order valence-corrected chi connectivity index (χ3v) is 4.86. The fourth-order valence-electron chi connectivity index (χ4n) is 3.28. The molecule has 2 rings (SSSR count). The molecular weight excluding hydrogens is 268 g/mol. The smallest absolute Gasteiger partial charge is 0.0915 e. The lowest BCUT2D eigenvalue weighted by Crippen LogP contribution is -2.40. The molecule has 0 saturated heterocycles. The van der Waals surface area contributed by atoms with E-state index in [2.05, 4.69) is 0 Å². The molecule has 1 atom stereocenters. The Kier molecular flexibility index (Phi) is 5.76. The Morgan fingerprint density at radius 1 is 0.952 bits per heavy atom. The van der Waals surface area contributed by atoms with Crippen molar-refractivity contribution in [2.45, 2.75) is 44.1 Å². The maximum atomic E-state index is 10.7. The summed E-state index contributed by atoms with van der Waals surface area (Å²) >= 11 is 0. The zero-order chi connectivity index (χ0) is 15.3. The Morgan fingerprint density at radius 2 is 1.52 bits per heavy atom. The third kappa shape index (κ3) is 3.29. The monoisotopic (exact) mass is 294 g/mol. The van der Waals surface area contributed by atoms with Gasteiger partial charge in [-0.25, -0.2) is 0 Å². The molecule has 1 saturated carbocycles. The van der Waals surface area contributed by atoms with Crippen LogP contribution in [0.3, 0.4) is 0 Å². The van der Waals surface area contributed by atoms with Crippen LogP contribution in [-0.2, 0) is 0 Å². The molecule has 1 aromatic rings. The molecule has 1 aliphatic carbocycles. The van der Waals surface area contributed by atoms with Gasteiger partial charge in [0.25, 0.3) is 0 Å². The van der Waals surface area contributed by atoms with E-state index in [4.69, 9.17) is 0 Å². The quantitative estimate of drug-likeness (QED) is 0.644. The van der Waals surface area contributed by atoms with Crippen LogP contribution in [0.1, 0.15) is 55.3 Å². The highest BCUT2D eigenvalue weighted by molar-refractivity contribution is 5.34. The van der Waals surface area contributed by atoms with Crippen molar-refractivity contribution in [3.8, 4) is 0 Å². The van der Waals surface area contributed by atoms with E-state index < -0.39 is 31.3 Å². The van der Waals surface area contributed by atoms with Crippen molar-refractivity contribution in [3.05, 3.63) is 35.4 Å². The standard InChI is InChI=1S/C17H26O4/c18-10-17(11-19,12-20)16(21)15-9-5-4-8-14(15)13-6-2-1-3-7-13/h4-5,8-9,13,16,18-21H,1-3,6-7,10-12H2. The van der Waals surface area contributed by atoms with E-state index in [0.29, 0.717) is 5.92 Å². The molecule has 1 fully saturated rings. The lowest BCUT2D eigenvalue weighted by atomic mass is 9.75. The highest BCUT2D eigenvalue weighted by Crippen LogP contribution is 2.40. The molecule has 118 valence electrons. The minimum atomic E-state index is -1.30. The number of hydrogen-bond donors (Lipinski definition) is 4. The molecule has 4 N–H and O–H groups in total. The fourth-order valence-corrected chi connectivity index (χ4v) is 3.28. The number of benzene rings is 1. The summed E-state index contributed by atoms with van der Waals surface area (Å²) < 4.78 is 0. The van der Waals surface area contributed by atoms with Crippen LogP contribution in [0.2, 0.25) is 0 Å². The Hall–Kier alpha value is -0.940. The van der Waals surface area contributed by atoms with Crippen LogP contribution < -0.4 is 0 Å². The molecule has 0 aromatic heterocycles. The highest BCUT2D eigenvalue weighted by Gasteiger charge is 2.39. The van der Waals surface area contributed by atoms with Gasteiger partial charge in [-0.1, -0.05) is 43.5 Å². The molecule has 1 unspecified atom stereocenters. The van der Waals surface area contributed by atoms with Gasteiger partial charge in [0.15, 0.2) is 0 Å². The zero-order valence-corrected chi connectivity index (χ0v) is 12.4. The van der Waals surface area contributed by atoms with Crippen LogP contribution in [0.15, 0.2) is 24.3 Å². The number of aliphatic hydroxyl groups is 4. The molecule has 0 aliphatic heterocycles.